The Kier molecular flexibility index (Phi) is 1.70. The first-order chi connectivity index (χ1) is 2.50. The molecule has 0 saturated heterocycles. The van der Waals surface area contributed by atoms with Gasteiger partial charge in [0.2, 0.25) is 0 Å². The number of hydrogen-bond donors (Lipinski definition) is 0. The third-order valence-corrected chi connectivity index (χ3v) is 6.62. The molecule has 0 bridgehead atoms. The summed E-state index contributed by atoms with van der Waals surface area (Å²) in [5.41, 5.74) is 0. The molecule has 0 N–H and O–H groups in total. The second kappa shape index (κ2) is 2.11. The molecule has 1 heterocycles. The van der Waals surface area contributed by atoms with Crippen molar-refractivity contribution in [3.05, 3.63) is 0 Å². The summed E-state index contributed by atoms with van der Waals surface area (Å²) in [6.07, 6.45) is 0. The van der Waals surface area contributed by atoms with Gasteiger partial charge in [-0.2, -0.15) is 0 Å². The zero-order valence-corrected chi connectivity index (χ0v) is 6.43. The van der Waals surface area contributed by atoms with E-state index < -0.39 is 0 Å². The van der Waals surface area contributed by atoms with Crippen LogP contribution in [0.5, 0.6) is 0 Å². The van der Waals surface area contributed by atoms with Gasteiger partial charge in [-0.15, -0.1) is 0 Å². The van der Waals surface area contributed by atoms with Crippen LogP contribution in [-0.2, 0) is 0 Å². The molecule has 0 fully saturated rings. The van der Waals surface area contributed by atoms with Crippen molar-refractivity contribution in [1.82, 2.24) is 0 Å². The predicted molar refractivity (Wildman–Crippen MR) is 27.4 cm³/mol. The SMILES string of the molecule is [C]1=[As]CC=[As]1. The van der Waals surface area contributed by atoms with Gasteiger partial charge < -0.3 is 0 Å². The van der Waals surface area contributed by atoms with Crippen molar-refractivity contribution < 1.29 is 0 Å². The summed E-state index contributed by atoms with van der Waals surface area (Å²) in [7, 11) is 0. The average Bonchev–Trinajstić information content (AvgIpc) is 1.76. The van der Waals surface area contributed by atoms with Crippen LogP contribution in [-0.4, -0.2) is 39.0 Å². The van der Waals surface area contributed by atoms with Gasteiger partial charge in [-0.25, -0.2) is 0 Å². The molecule has 1 rings (SSSR count). The van der Waals surface area contributed by atoms with Crippen LogP contribution in [0.4, 0.5) is 0 Å². The summed E-state index contributed by atoms with van der Waals surface area (Å²) in [6.45, 7) is 0. The van der Waals surface area contributed by atoms with Gasteiger partial charge in [-0.1, -0.05) is 0 Å². The van der Waals surface area contributed by atoms with E-state index in [9.17, 15) is 0 Å². The Hall–Kier alpha value is 0.857. The third-order valence-electron chi connectivity index (χ3n) is 0.393. The molecule has 0 saturated carbocycles. The van der Waals surface area contributed by atoms with Crippen molar-refractivity contribution in [3.8, 4) is 0 Å². The second-order valence-corrected chi connectivity index (χ2v) is 6.09. The fourth-order valence-electron chi connectivity index (χ4n) is 0.204. The zero-order valence-electron chi connectivity index (χ0n) is 2.68. The van der Waals surface area contributed by atoms with Crippen molar-refractivity contribution in [1.29, 1.82) is 0 Å². The Morgan fingerprint density at radius 2 is 2.80 bits per heavy atom. The Morgan fingerprint density at radius 3 is 3.00 bits per heavy atom. The van der Waals surface area contributed by atoms with Crippen LogP contribution >= 0.6 is 0 Å². The van der Waals surface area contributed by atoms with Gasteiger partial charge in [0, 0.05) is 0 Å². The Labute approximate surface area is 44.4 Å². The van der Waals surface area contributed by atoms with E-state index in [0.717, 1.165) is 0 Å². The average molecular weight is 189 g/mol. The van der Waals surface area contributed by atoms with Gasteiger partial charge in [0.25, 0.3) is 0 Å². The first-order valence-electron chi connectivity index (χ1n) is 1.43. The molecule has 2 heteroatoms. The minimum absolute atomic E-state index is 0.521. The predicted octanol–water partition coefficient (Wildman–Crippen LogP) is -0.734. The molecule has 0 unspecified atom stereocenters. The molecule has 0 amide bonds. The second-order valence-electron chi connectivity index (χ2n) is 0.752. The maximum absolute atomic E-state index is 3.35. The van der Waals surface area contributed by atoms with Crippen LogP contribution in [0.25, 0.3) is 0 Å². The third kappa shape index (κ3) is 1.16. The van der Waals surface area contributed by atoms with E-state index in [1.54, 1.807) is 0 Å². The summed E-state index contributed by atoms with van der Waals surface area (Å²) in [5, 5.41) is 1.40. The van der Waals surface area contributed by atoms with E-state index in [2.05, 4.69) is 8.40 Å². The van der Waals surface area contributed by atoms with Crippen molar-refractivity contribution in [3.63, 3.8) is 0 Å². The van der Waals surface area contributed by atoms with Gasteiger partial charge in [0.15, 0.2) is 0 Å². The Bertz CT molecular complexity index is 63.0. The van der Waals surface area contributed by atoms with E-state index in [1.807, 2.05) is 0 Å². The number of rotatable bonds is 0. The first-order valence-corrected chi connectivity index (χ1v) is 5.72. The van der Waals surface area contributed by atoms with E-state index in [1.165, 1.54) is 5.21 Å². The molecular formula is C3H3As2. The van der Waals surface area contributed by atoms with E-state index >= 15 is 0 Å². The van der Waals surface area contributed by atoms with Crippen LogP contribution in [0.1, 0.15) is 0 Å². The van der Waals surface area contributed by atoms with Gasteiger partial charge >= 0.3 is 44.2 Å². The molecule has 0 spiro atoms. The van der Waals surface area contributed by atoms with Crippen molar-refractivity contribution in [2.24, 2.45) is 0 Å². The molecular weight excluding hydrogens is 186 g/mol. The molecule has 5 heavy (non-hydrogen) atoms. The number of hydrogen-bond acceptors (Lipinski definition) is 0. The van der Waals surface area contributed by atoms with E-state index in [4.69, 9.17) is 0 Å². The normalized spacial score (nSPS) is 24.0. The molecule has 1 radical (unpaired) electrons. The first kappa shape index (κ1) is 4.03. The molecule has 1 aliphatic heterocycles. The van der Waals surface area contributed by atoms with Gasteiger partial charge in [0.05, 0.1) is 0 Å². The summed E-state index contributed by atoms with van der Waals surface area (Å²) in [5.74, 6) is 0. The van der Waals surface area contributed by atoms with Crippen LogP contribution in [0.15, 0.2) is 0 Å². The summed E-state index contributed by atoms with van der Waals surface area (Å²) >= 11 is 1.11. The summed E-state index contributed by atoms with van der Waals surface area (Å²) in [6, 6.07) is 0. The Balaban J connectivity index is 2.61. The summed E-state index contributed by atoms with van der Waals surface area (Å²) < 4.78 is 3.35. The van der Waals surface area contributed by atoms with Gasteiger partial charge in [-0.3, -0.25) is 0 Å². The molecule has 0 atom stereocenters. The van der Waals surface area contributed by atoms with Crippen molar-refractivity contribution >= 4 is 39.0 Å². The van der Waals surface area contributed by atoms with Crippen molar-refractivity contribution in [2.45, 2.75) is 5.21 Å². The topological polar surface area (TPSA) is 0 Å². The fraction of sp³-hybridized carbons (Fsp3) is 0.333. The summed E-state index contributed by atoms with van der Waals surface area (Å²) in [4.78, 5) is 2.39. The van der Waals surface area contributed by atoms with Crippen LogP contribution in [0.3, 0.4) is 0 Å². The van der Waals surface area contributed by atoms with Crippen LogP contribution < -0.4 is 0 Å². The Morgan fingerprint density at radius 1 is 1.80 bits per heavy atom. The standard InChI is InChI=1S/C3H3As2/c1-2-5-3-4-1/h1H,2H2. The van der Waals surface area contributed by atoms with Crippen LogP contribution in [0.2, 0.25) is 5.21 Å². The van der Waals surface area contributed by atoms with Gasteiger partial charge in [-0.05, 0) is 0 Å². The maximum atomic E-state index is 3.35. The fourth-order valence-corrected chi connectivity index (χ4v) is 5.51. The molecule has 0 aliphatic carbocycles. The van der Waals surface area contributed by atoms with E-state index in [0.29, 0.717) is 30.6 Å². The molecule has 0 nitrogen and oxygen atoms in total. The quantitative estimate of drug-likeness (QED) is 0.440. The molecule has 0 aromatic carbocycles. The molecule has 0 aromatic heterocycles. The molecule has 1 aliphatic rings. The van der Waals surface area contributed by atoms with E-state index in [-0.39, 0.29) is 0 Å². The molecule has 25 valence electrons. The monoisotopic (exact) mass is 189 g/mol. The minimum atomic E-state index is 0.521. The van der Waals surface area contributed by atoms with Gasteiger partial charge in [0.1, 0.15) is 0 Å². The zero-order chi connectivity index (χ0) is 3.54. The van der Waals surface area contributed by atoms with Crippen LogP contribution in [0, 0.1) is 0 Å². The molecule has 0 aromatic rings. The van der Waals surface area contributed by atoms with Crippen molar-refractivity contribution in [2.75, 3.05) is 0 Å².